The Morgan fingerprint density at radius 3 is 2.29 bits per heavy atom. The van der Waals surface area contributed by atoms with Crippen LogP contribution in [0.25, 0.3) is 10.9 Å². The Bertz CT molecular complexity index is 1990. The molecule has 15 heteroatoms. The summed E-state index contributed by atoms with van der Waals surface area (Å²) in [6.07, 6.45) is 0.624. The zero-order valence-corrected chi connectivity index (χ0v) is 27.0. The second-order valence-electron chi connectivity index (χ2n) is 10.6. The number of fused-ring (bicyclic) bond motifs is 1. The van der Waals surface area contributed by atoms with Gasteiger partial charge in [-0.3, -0.25) is 14.7 Å². The van der Waals surface area contributed by atoms with Crippen LogP contribution >= 0.6 is 23.4 Å². The Kier molecular flexibility index (Phi) is 10.8. The number of hydrogen-bond donors (Lipinski definition) is 4. The van der Waals surface area contributed by atoms with Crippen LogP contribution in [0, 0.1) is 5.82 Å². The van der Waals surface area contributed by atoms with Crippen molar-refractivity contribution >= 4 is 63.5 Å². The number of aliphatic carboxylic acids is 1. The first-order valence-electron chi connectivity index (χ1n) is 14.5. The minimum atomic E-state index is -4.41. The monoisotopic (exact) mass is 714 g/mol. The molecule has 0 radical (unpaired) electrons. The first kappa shape index (κ1) is 35.3. The minimum absolute atomic E-state index is 0.0164. The number of carbonyl (C=O) groups is 3. The van der Waals surface area contributed by atoms with Crippen LogP contribution in [0.4, 0.5) is 33.7 Å². The number of rotatable bonds is 11. The molecule has 49 heavy (non-hydrogen) atoms. The number of carboxylic acids is 1. The highest BCUT2D eigenvalue weighted by Crippen LogP contribution is 2.37. The standard InChI is InChI=1S/C34H27ClF4N4O5S/c1-19(21-7-11-24(12-8-21)49-34(37,38)39)48-23-10-13-27(26(36)16-23)41-33(47)42-28-18-43(29-14-9-22(35)15-25(28)29)31(44)30(32(45)46)40-17-20-5-3-2-4-6-20/h2-16,18-19,30,40H,17H2,1H3,(H,45,46)(H2,41,42,47). The van der Waals surface area contributed by atoms with Crippen LogP contribution in [-0.2, 0) is 11.3 Å². The van der Waals surface area contributed by atoms with Crippen LogP contribution in [0.2, 0.25) is 5.02 Å². The smallest absolute Gasteiger partial charge is 0.446 e. The molecule has 1 heterocycles. The molecule has 1 aromatic heterocycles. The fourth-order valence-corrected chi connectivity index (χ4v) is 5.59. The Hall–Kier alpha value is -5.05. The van der Waals surface area contributed by atoms with E-state index in [1.165, 1.54) is 60.8 Å². The average Bonchev–Trinajstić information content (AvgIpc) is 3.39. The van der Waals surface area contributed by atoms with Crippen LogP contribution in [0.1, 0.15) is 28.9 Å². The Morgan fingerprint density at radius 2 is 1.63 bits per heavy atom. The van der Waals surface area contributed by atoms with E-state index in [4.69, 9.17) is 16.3 Å². The Labute approximate surface area is 286 Å². The first-order chi connectivity index (χ1) is 23.3. The molecule has 5 aromatic rings. The molecule has 2 unspecified atom stereocenters. The van der Waals surface area contributed by atoms with E-state index in [9.17, 15) is 32.7 Å². The first-order valence-corrected chi connectivity index (χ1v) is 15.7. The molecule has 2 atom stereocenters. The van der Waals surface area contributed by atoms with Gasteiger partial charge in [0.25, 0.3) is 5.91 Å². The summed E-state index contributed by atoms with van der Waals surface area (Å²) >= 11 is 5.95. The third-order valence-electron chi connectivity index (χ3n) is 7.18. The van der Waals surface area contributed by atoms with E-state index in [1.807, 2.05) is 6.07 Å². The predicted molar refractivity (Wildman–Crippen MR) is 179 cm³/mol. The van der Waals surface area contributed by atoms with Crippen molar-refractivity contribution < 1.29 is 41.8 Å². The lowest BCUT2D eigenvalue weighted by Crippen LogP contribution is -2.45. The van der Waals surface area contributed by atoms with Gasteiger partial charge in [0.2, 0.25) is 0 Å². The van der Waals surface area contributed by atoms with Crippen molar-refractivity contribution in [2.45, 2.75) is 36.0 Å². The SMILES string of the molecule is CC(Oc1ccc(NC(=O)Nc2cn(C(=O)C(NCc3ccccc3)C(=O)O)c3ccc(Cl)cc23)c(F)c1)c1ccc(SC(F)(F)F)cc1. The highest BCUT2D eigenvalue weighted by Gasteiger charge is 2.30. The van der Waals surface area contributed by atoms with Gasteiger partial charge in [-0.1, -0.05) is 54.1 Å². The van der Waals surface area contributed by atoms with Crippen molar-refractivity contribution in [3.8, 4) is 5.75 Å². The summed E-state index contributed by atoms with van der Waals surface area (Å²) in [4.78, 5) is 38.5. The molecular weight excluding hydrogens is 688 g/mol. The van der Waals surface area contributed by atoms with Gasteiger partial charge in [0, 0.05) is 34.1 Å². The van der Waals surface area contributed by atoms with Gasteiger partial charge in [0.1, 0.15) is 17.7 Å². The number of benzene rings is 4. The van der Waals surface area contributed by atoms with E-state index in [0.717, 1.165) is 16.2 Å². The molecule has 254 valence electrons. The van der Waals surface area contributed by atoms with E-state index < -0.39 is 41.4 Å². The quantitative estimate of drug-likeness (QED) is 0.0614. The zero-order chi connectivity index (χ0) is 35.3. The van der Waals surface area contributed by atoms with E-state index in [1.54, 1.807) is 31.2 Å². The summed E-state index contributed by atoms with van der Waals surface area (Å²) in [5.74, 6) is -2.96. The number of carboxylic acid groups (broad SMARTS) is 1. The molecule has 0 saturated heterocycles. The summed E-state index contributed by atoms with van der Waals surface area (Å²) in [5, 5.41) is 18.1. The van der Waals surface area contributed by atoms with Gasteiger partial charge in [-0.05, 0) is 72.3 Å². The van der Waals surface area contributed by atoms with Gasteiger partial charge in [0.05, 0.1) is 16.9 Å². The number of halogens is 5. The number of carbonyl (C=O) groups excluding carboxylic acids is 2. The molecule has 0 saturated carbocycles. The van der Waals surface area contributed by atoms with Gasteiger partial charge >= 0.3 is 17.5 Å². The summed E-state index contributed by atoms with van der Waals surface area (Å²) in [6.45, 7) is 1.75. The number of nitrogens with one attached hydrogen (secondary N) is 3. The van der Waals surface area contributed by atoms with E-state index >= 15 is 4.39 Å². The Morgan fingerprint density at radius 1 is 0.939 bits per heavy atom. The number of amides is 2. The summed E-state index contributed by atoms with van der Waals surface area (Å²) < 4.78 is 59.7. The number of hydrogen-bond acceptors (Lipinski definition) is 6. The fraction of sp³-hybridized carbons (Fsp3) is 0.147. The highest BCUT2D eigenvalue weighted by molar-refractivity contribution is 8.00. The molecule has 2 amide bonds. The van der Waals surface area contributed by atoms with Gasteiger partial charge in [-0.2, -0.15) is 13.2 Å². The maximum Gasteiger partial charge on any atom is 0.446 e. The van der Waals surface area contributed by atoms with Crippen molar-refractivity contribution in [3.63, 3.8) is 0 Å². The molecule has 0 aliphatic rings. The second-order valence-corrected chi connectivity index (χ2v) is 12.2. The van der Waals surface area contributed by atoms with Crippen LogP contribution in [-0.4, -0.2) is 39.1 Å². The fourth-order valence-electron chi connectivity index (χ4n) is 4.88. The largest absolute Gasteiger partial charge is 0.486 e. The van der Waals surface area contributed by atoms with Gasteiger partial charge in [0.15, 0.2) is 6.04 Å². The molecule has 0 aliphatic heterocycles. The van der Waals surface area contributed by atoms with Crippen molar-refractivity contribution in [2.24, 2.45) is 0 Å². The molecule has 5 rings (SSSR count). The van der Waals surface area contributed by atoms with E-state index in [2.05, 4.69) is 16.0 Å². The van der Waals surface area contributed by atoms with Crippen molar-refractivity contribution in [1.29, 1.82) is 0 Å². The highest BCUT2D eigenvalue weighted by atomic mass is 35.5. The maximum absolute atomic E-state index is 15.0. The summed E-state index contributed by atoms with van der Waals surface area (Å²) in [5.41, 5.74) is -2.92. The minimum Gasteiger partial charge on any atom is -0.486 e. The van der Waals surface area contributed by atoms with Crippen LogP contribution in [0.3, 0.4) is 0 Å². The topological polar surface area (TPSA) is 122 Å². The zero-order valence-electron chi connectivity index (χ0n) is 25.4. The van der Waals surface area contributed by atoms with Crippen LogP contribution in [0.15, 0.2) is 102 Å². The normalized spacial score (nSPS) is 12.7. The third-order valence-corrected chi connectivity index (χ3v) is 8.16. The lowest BCUT2D eigenvalue weighted by atomic mass is 10.1. The number of anilines is 2. The number of aromatic nitrogens is 1. The molecule has 9 nitrogen and oxygen atoms in total. The van der Waals surface area contributed by atoms with Crippen LogP contribution < -0.4 is 20.7 Å². The predicted octanol–water partition coefficient (Wildman–Crippen LogP) is 8.71. The van der Waals surface area contributed by atoms with Crippen molar-refractivity contribution in [1.82, 2.24) is 9.88 Å². The number of ether oxygens (including phenoxy) is 1. The maximum atomic E-state index is 15.0. The lowest BCUT2D eigenvalue weighted by Gasteiger charge is -2.16. The average molecular weight is 715 g/mol. The van der Waals surface area contributed by atoms with E-state index in [0.29, 0.717) is 10.9 Å². The number of urea groups is 1. The van der Waals surface area contributed by atoms with Gasteiger partial charge in [-0.25, -0.2) is 14.0 Å². The number of nitrogens with zero attached hydrogens (tertiary/aromatic N) is 1. The van der Waals surface area contributed by atoms with Gasteiger partial charge in [-0.15, -0.1) is 0 Å². The Balaban J connectivity index is 1.27. The molecule has 4 N–H and O–H groups in total. The number of alkyl halides is 3. The van der Waals surface area contributed by atoms with Gasteiger partial charge < -0.3 is 20.5 Å². The summed E-state index contributed by atoms with van der Waals surface area (Å²) in [6, 6.07) is 20.2. The second kappa shape index (κ2) is 15.0. The molecule has 0 fully saturated rings. The summed E-state index contributed by atoms with van der Waals surface area (Å²) in [7, 11) is 0. The third kappa shape index (κ3) is 9.10. The molecule has 0 spiro atoms. The lowest BCUT2D eigenvalue weighted by molar-refractivity contribution is -0.138. The molecular formula is C34H27ClF4N4O5S. The van der Waals surface area contributed by atoms with Crippen molar-refractivity contribution in [3.05, 3.63) is 119 Å². The molecule has 0 bridgehead atoms. The van der Waals surface area contributed by atoms with Crippen LogP contribution in [0.5, 0.6) is 5.75 Å². The molecule has 4 aromatic carbocycles. The molecule has 0 aliphatic carbocycles. The number of thioether (sulfide) groups is 1. The van der Waals surface area contributed by atoms with E-state index in [-0.39, 0.29) is 50.9 Å². The van der Waals surface area contributed by atoms with Crippen molar-refractivity contribution in [2.75, 3.05) is 10.6 Å².